The summed E-state index contributed by atoms with van der Waals surface area (Å²) in [4.78, 5) is 12.2. The van der Waals surface area contributed by atoms with E-state index in [2.05, 4.69) is 4.37 Å². The molecule has 3 nitrogen and oxygen atoms in total. The molecule has 0 unspecified atom stereocenters. The Bertz CT molecular complexity index is 447. The van der Waals surface area contributed by atoms with E-state index in [-0.39, 0.29) is 0 Å². The Labute approximate surface area is 89.1 Å². The van der Waals surface area contributed by atoms with Crippen LogP contribution in [0.25, 0.3) is 10.4 Å². The van der Waals surface area contributed by atoms with Crippen LogP contribution < -0.4 is 4.74 Å². The van der Waals surface area contributed by atoms with Gasteiger partial charge in [0.25, 0.3) is 0 Å². The van der Waals surface area contributed by atoms with E-state index < -0.39 is 0 Å². The molecule has 2 rings (SSSR count). The van der Waals surface area contributed by atoms with E-state index in [1.165, 1.54) is 22.9 Å². The summed E-state index contributed by atoms with van der Waals surface area (Å²) < 4.78 is 9.18. The Morgan fingerprint density at radius 2 is 2.36 bits per heavy atom. The minimum absolute atomic E-state index is 0.620. The lowest BCUT2D eigenvalue weighted by Gasteiger charge is -1.96. The number of rotatable bonds is 3. The van der Waals surface area contributed by atoms with Gasteiger partial charge in [-0.3, -0.25) is 4.79 Å². The zero-order chi connectivity index (χ0) is 9.97. The van der Waals surface area contributed by atoms with E-state index >= 15 is 0 Å². The van der Waals surface area contributed by atoms with E-state index in [0.717, 1.165) is 16.7 Å². The van der Waals surface area contributed by atoms with E-state index in [0.29, 0.717) is 10.8 Å². The van der Waals surface area contributed by atoms with Gasteiger partial charge in [0.15, 0.2) is 6.29 Å². The van der Waals surface area contributed by atoms with Crippen molar-refractivity contribution < 1.29 is 9.53 Å². The second kappa shape index (κ2) is 3.89. The van der Waals surface area contributed by atoms with Crippen LogP contribution in [-0.4, -0.2) is 17.8 Å². The van der Waals surface area contributed by atoms with Crippen LogP contribution in [-0.2, 0) is 0 Å². The van der Waals surface area contributed by atoms with Gasteiger partial charge in [-0.15, -0.1) is 11.3 Å². The van der Waals surface area contributed by atoms with Crippen LogP contribution in [0.1, 0.15) is 9.67 Å². The number of carbonyl (C=O) groups is 1. The maximum atomic E-state index is 10.5. The summed E-state index contributed by atoms with van der Waals surface area (Å²) in [5.41, 5.74) is 0.954. The molecule has 0 aromatic carbocycles. The highest BCUT2D eigenvalue weighted by molar-refractivity contribution is 7.17. The molecular formula is C9H7NO2S2. The molecule has 14 heavy (non-hydrogen) atoms. The zero-order valence-electron chi connectivity index (χ0n) is 7.39. The standard InChI is InChI=1S/C9H7NO2S2/c1-12-9-7(5-13-10-9)8-3-2-6(4-11)14-8/h2-5H,1H3. The van der Waals surface area contributed by atoms with Crippen molar-refractivity contribution in [2.75, 3.05) is 7.11 Å². The number of thiophene rings is 1. The highest BCUT2D eigenvalue weighted by atomic mass is 32.1. The van der Waals surface area contributed by atoms with Gasteiger partial charge in [-0.05, 0) is 23.7 Å². The fraction of sp³-hybridized carbons (Fsp3) is 0.111. The summed E-state index contributed by atoms with van der Waals surface area (Å²) in [7, 11) is 1.59. The summed E-state index contributed by atoms with van der Waals surface area (Å²) in [6, 6.07) is 3.70. The van der Waals surface area contributed by atoms with Gasteiger partial charge in [-0.25, -0.2) is 0 Å². The number of hydrogen-bond donors (Lipinski definition) is 0. The highest BCUT2D eigenvalue weighted by Gasteiger charge is 2.10. The maximum absolute atomic E-state index is 10.5. The molecule has 72 valence electrons. The lowest BCUT2D eigenvalue weighted by Crippen LogP contribution is -1.82. The SMILES string of the molecule is COc1nscc1-c1ccc(C=O)s1. The van der Waals surface area contributed by atoms with Crippen molar-refractivity contribution in [3.63, 3.8) is 0 Å². The fourth-order valence-electron chi connectivity index (χ4n) is 1.10. The van der Waals surface area contributed by atoms with Crippen molar-refractivity contribution in [3.05, 3.63) is 22.4 Å². The molecule has 0 atom stereocenters. The van der Waals surface area contributed by atoms with Crippen LogP contribution >= 0.6 is 22.9 Å². The first kappa shape index (κ1) is 9.36. The van der Waals surface area contributed by atoms with Crippen molar-refractivity contribution >= 4 is 29.2 Å². The summed E-state index contributed by atoms with van der Waals surface area (Å²) in [5.74, 6) is 0.620. The minimum atomic E-state index is 0.620. The molecule has 0 N–H and O–H groups in total. The molecule has 2 aromatic rings. The van der Waals surface area contributed by atoms with Crippen LogP contribution in [0.15, 0.2) is 17.5 Å². The number of methoxy groups -OCH3 is 1. The first-order chi connectivity index (χ1) is 6.85. The van der Waals surface area contributed by atoms with Gasteiger partial charge >= 0.3 is 0 Å². The molecule has 2 heterocycles. The molecule has 0 fully saturated rings. The number of ether oxygens (including phenoxy) is 1. The molecule has 0 radical (unpaired) electrons. The first-order valence-electron chi connectivity index (χ1n) is 3.89. The van der Waals surface area contributed by atoms with Crippen molar-refractivity contribution in [3.8, 4) is 16.3 Å². The van der Waals surface area contributed by atoms with Gasteiger partial charge < -0.3 is 4.74 Å². The van der Waals surface area contributed by atoms with Crippen molar-refractivity contribution in [2.45, 2.75) is 0 Å². The van der Waals surface area contributed by atoms with Gasteiger partial charge in [0.05, 0.1) is 17.6 Å². The molecule has 0 saturated carbocycles. The average Bonchev–Trinajstić information content (AvgIpc) is 2.85. The van der Waals surface area contributed by atoms with E-state index in [1.807, 2.05) is 11.4 Å². The summed E-state index contributed by atoms with van der Waals surface area (Å²) in [6.45, 7) is 0. The largest absolute Gasteiger partial charge is 0.480 e. The molecule has 5 heteroatoms. The van der Waals surface area contributed by atoms with Gasteiger partial charge in [-0.2, -0.15) is 4.37 Å². The van der Waals surface area contributed by atoms with Gasteiger partial charge in [0.2, 0.25) is 5.88 Å². The Kier molecular flexibility index (Phi) is 2.60. The summed E-state index contributed by atoms with van der Waals surface area (Å²) in [6.07, 6.45) is 0.848. The lowest BCUT2D eigenvalue weighted by atomic mass is 10.3. The molecule has 0 spiro atoms. The molecule has 0 amide bonds. The third kappa shape index (κ3) is 1.56. The van der Waals surface area contributed by atoms with Crippen LogP contribution in [0.4, 0.5) is 0 Å². The highest BCUT2D eigenvalue weighted by Crippen LogP contribution is 2.34. The smallest absolute Gasteiger partial charge is 0.233 e. The number of aldehydes is 1. The monoisotopic (exact) mass is 225 g/mol. The van der Waals surface area contributed by atoms with Crippen LogP contribution in [0.5, 0.6) is 5.88 Å². The molecule has 0 saturated heterocycles. The second-order valence-corrected chi connectivity index (χ2v) is 4.30. The minimum Gasteiger partial charge on any atom is -0.480 e. The zero-order valence-corrected chi connectivity index (χ0v) is 9.02. The lowest BCUT2D eigenvalue weighted by molar-refractivity contribution is 0.112. The van der Waals surface area contributed by atoms with Gasteiger partial charge in [-0.1, -0.05) is 0 Å². The van der Waals surface area contributed by atoms with E-state index in [4.69, 9.17) is 4.74 Å². The Hall–Kier alpha value is -1.20. The molecule has 0 aliphatic heterocycles. The fourth-order valence-corrected chi connectivity index (χ4v) is 2.66. The van der Waals surface area contributed by atoms with E-state index in [1.54, 1.807) is 13.2 Å². The number of carbonyl (C=O) groups excluding carboxylic acids is 1. The third-order valence-corrected chi connectivity index (χ3v) is 3.39. The second-order valence-electron chi connectivity index (χ2n) is 2.56. The maximum Gasteiger partial charge on any atom is 0.233 e. The van der Waals surface area contributed by atoms with Crippen molar-refractivity contribution in [1.29, 1.82) is 0 Å². The van der Waals surface area contributed by atoms with Gasteiger partial charge in [0.1, 0.15) is 0 Å². The number of aromatic nitrogens is 1. The molecule has 2 aromatic heterocycles. The van der Waals surface area contributed by atoms with Crippen molar-refractivity contribution in [2.24, 2.45) is 0 Å². The van der Waals surface area contributed by atoms with Crippen LogP contribution in [0, 0.1) is 0 Å². The Morgan fingerprint density at radius 1 is 1.50 bits per heavy atom. The van der Waals surface area contributed by atoms with E-state index in [9.17, 15) is 4.79 Å². The third-order valence-electron chi connectivity index (χ3n) is 1.74. The van der Waals surface area contributed by atoms with Crippen molar-refractivity contribution in [1.82, 2.24) is 4.37 Å². The van der Waals surface area contributed by atoms with Crippen LogP contribution in [0.2, 0.25) is 0 Å². The molecular weight excluding hydrogens is 218 g/mol. The van der Waals surface area contributed by atoms with Gasteiger partial charge in [0, 0.05) is 10.3 Å². The molecule has 0 aliphatic carbocycles. The topological polar surface area (TPSA) is 39.2 Å². The number of hydrogen-bond acceptors (Lipinski definition) is 5. The predicted molar refractivity (Wildman–Crippen MR) is 57.4 cm³/mol. The Morgan fingerprint density at radius 3 is 3.00 bits per heavy atom. The number of nitrogens with zero attached hydrogens (tertiary/aromatic N) is 1. The quantitative estimate of drug-likeness (QED) is 0.754. The molecule has 0 aliphatic rings. The molecule has 0 bridgehead atoms. The summed E-state index contributed by atoms with van der Waals surface area (Å²) >= 11 is 2.78. The average molecular weight is 225 g/mol. The van der Waals surface area contributed by atoms with Crippen LogP contribution in [0.3, 0.4) is 0 Å². The predicted octanol–water partition coefficient (Wildman–Crippen LogP) is 2.69. The first-order valence-corrected chi connectivity index (χ1v) is 5.54. The Balaban J connectivity index is 2.43. The summed E-state index contributed by atoms with van der Waals surface area (Å²) in [5, 5.41) is 1.92. The normalized spacial score (nSPS) is 10.1.